The van der Waals surface area contributed by atoms with E-state index >= 15 is 0 Å². The van der Waals surface area contributed by atoms with Gasteiger partial charge in [-0.15, -0.1) is 0 Å². The first-order valence-corrected chi connectivity index (χ1v) is 18.8. The molecular weight excluding hydrogens is 617 g/mol. The van der Waals surface area contributed by atoms with Crippen LogP contribution in [-0.4, -0.2) is 122 Å². The summed E-state index contributed by atoms with van der Waals surface area (Å²) in [5.74, 6) is 0. The van der Waals surface area contributed by atoms with Crippen molar-refractivity contribution in [2.45, 2.75) is 53.6 Å². The second kappa shape index (κ2) is 15.8. The van der Waals surface area contributed by atoms with Crippen molar-refractivity contribution in [3.8, 4) is 0 Å². The molecule has 2 saturated heterocycles. The van der Waals surface area contributed by atoms with Crippen LogP contribution in [-0.2, 0) is 13.1 Å². The average molecular weight is 671 g/mol. The quantitative estimate of drug-likeness (QED) is 0.252. The number of benzene rings is 3. The van der Waals surface area contributed by atoms with Gasteiger partial charge < -0.3 is 9.80 Å². The molecule has 0 radical (unpaired) electrons. The maximum absolute atomic E-state index is 5.05. The number of nitrogens with zero attached hydrogens (tertiary/aromatic N) is 8. The smallest absolute Gasteiger partial charge is 0.0422 e. The molecule has 0 aromatic heterocycles. The van der Waals surface area contributed by atoms with Gasteiger partial charge in [-0.05, 0) is 73.2 Å². The largest absolute Gasteiger partial charge is 0.372 e. The van der Waals surface area contributed by atoms with Gasteiger partial charge in [-0.25, -0.2) is 0 Å². The monoisotopic (exact) mass is 670 g/mol. The minimum absolute atomic E-state index is 0.753. The van der Waals surface area contributed by atoms with Gasteiger partial charge in [-0.2, -0.15) is 0 Å². The fourth-order valence-corrected chi connectivity index (χ4v) is 8.12. The van der Waals surface area contributed by atoms with Gasteiger partial charge in [0.05, 0.1) is 0 Å². The third kappa shape index (κ3) is 7.47. The van der Waals surface area contributed by atoms with Crippen LogP contribution in [0.5, 0.6) is 0 Å². The van der Waals surface area contributed by atoms with E-state index in [9.17, 15) is 0 Å². The Kier molecular flexibility index (Phi) is 10.9. The summed E-state index contributed by atoms with van der Waals surface area (Å²) in [5.41, 5.74) is 9.93. The maximum atomic E-state index is 5.05. The SMILES string of the molecule is CC1=NCCCN=C(C)C2=C(C)N3CCN(CC3)Cc3c4ccccc4c(c4ccccc34)CN3CCN(CC3)C(C)=C1C=NCCCN=C2. The van der Waals surface area contributed by atoms with Crippen molar-refractivity contribution in [2.24, 2.45) is 20.0 Å². The zero-order valence-electron chi connectivity index (χ0n) is 30.7. The molecule has 8 bridgehead atoms. The topological polar surface area (TPSA) is 62.4 Å². The van der Waals surface area contributed by atoms with Crippen LogP contribution in [0.1, 0.15) is 51.7 Å². The third-order valence-electron chi connectivity index (χ3n) is 11.2. The normalized spacial score (nSPS) is 23.4. The maximum Gasteiger partial charge on any atom is 0.0422 e. The molecule has 0 unspecified atom stereocenters. The van der Waals surface area contributed by atoms with E-state index in [-0.39, 0.29) is 0 Å². The molecule has 8 heteroatoms. The Hall–Kier alpha value is -4.14. The molecule has 9 heterocycles. The number of hydrogen-bond acceptors (Lipinski definition) is 8. The highest BCUT2D eigenvalue weighted by atomic mass is 15.3. The highest BCUT2D eigenvalue weighted by Gasteiger charge is 2.24. The van der Waals surface area contributed by atoms with Gasteiger partial charge in [-0.1, -0.05) is 48.5 Å². The van der Waals surface area contributed by atoms with Crippen molar-refractivity contribution < 1.29 is 0 Å². The fourth-order valence-electron chi connectivity index (χ4n) is 8.12. The van der Waals surface area contributed by atoms with E-state index in [4.69, 9.17) is 20.0 Å². The average Bonchev–Trinajstić information content (AvgIpc) is 3.14. The second-order valence-corrected chi connectivity index (χ2v) is 14.3. The van der Waals surface area contributed by atoms with Crippen molar-refractivity contribution in [1.82, 2.24) is 19.6 Å². The van der Waals surface area contributed by atoms with E-state index in [1.807, 2.05) is 0 Å². The lowest BCUT2D eigenvalue weighted by atomic mass is 9.91. The first kappa shape index (κ1) is 34.3. The van der Waals surface area contributed by atoms with Crippen LogP contribution >= 0.6 is 0 Å². The van der Waals surface area contributed by atoms with Crippen LogP contribution in [0.3, 0.4) is 0 Å². The van der Waals surface area contributed by atoms with Gasteiger partial charge in [0, 0.05) is 138 Å². The first-order valence-electron chi connectivity index (χ1n) is 18.8. The van der Waals surface area contributed by atoms with Crippen molar-refractivity contribution in [3.63, 3.8) is 0 Å². The van der Waals surface area contributed by atoms with Crippen LogP contribution in [0, 0.1) is 0 Å². The third-order valence-corrected chi connectivity index (χ3v) is 11.2. The Bertz CT molecular complexity index is 1690. The minimum atomic E-state index is 0.753. The number of rotatable bonds is 0. The Morgan fingerprint density at radius 1 is 0.460 bits per heavy atom. The lowest BCUT2D eigenvalue weighted by Crippen LogP contribution is -2.45. The molecule has 2 fully saturated rings. The number of aliphatic imine (C=N–C) groups is 4. The zero-order chi connectivity index (χ0) is 34.5. The van der Waals surface area contributed by atoms with Crippen molar-refractivity contribution in [1.29, 1.82) is 0 Å². The zero-order valence-corrected chi connectivity index (χ0v) is 30.7. The predicted octanol–water partition coefficient (Wildman–Crippen LogP) is 6.65. The van der Waals surface area contributed by atoms with Gasteiger partial charge in [0.15, 0.2) is 0 Å². The molecule has 0 spiro atoms. The van der Waals surface area contributed by atoms with Gasteiger partial charge in [0.25, 0.3) is 0 Å². The molecule has 9 aliphatic rings. The molecule has 50 heavy (non-hydrogen) atoms. The molecule has 9 aliphatic heterocycles. The summed E-state index contributed by atoms with van der Waals surface area (Å²) in [7, 11) is 0. The van der Waals surface area contributed by atoms with Crippen LogP contribution in [0.15, 0.2) is 91.0 Å². The van der Waals surface area contributed by atoms with Crippen LogP contribution in [0.2, 0.25) is 0 Å². The molecular formula is C42H54N8. The van der Waals surface area contributed by atoms with E-state index in [0.717, 1.165) is 127 Å². The molecule has 0 amide bonds. The second-order valence-electron chi connectivity index (χ2n) is 14.3. The Labute approximate surface area is 298 Å². The summed E-state index contributed by atoms with van der Waals surface area (Å²) >= 11 is 0. The molecule has 262 valence electrons. The van der Waals surface area contributed by atoms with E-state index in [0.29, 0.717) is 0 Å². The lowest BCUT2D eigenvalue weighted by molar-refractivity contribution is 0.153. The summed E-state index contributed by atoms with van der Waals surface area (Å²) in [6.45, 7) is 21.8. The van der Waals surface area contributed by atoms with Gasteiger partial charge in [0.1, 0.15) is 0 Å². The van der Waals surface area contributed by atoms with E-state index in [1.54, 1.807) is 0 Å². The lowest BCUT2D eigenvalue weighted by Gasteiger charge is -2.38. The fraction of sp³-hybridized carbons (Fsp3) is 0.476. The summed E-state index contributed by atoms with van der Waals surface area (Å²) in [4.78, 5) is 30.3. The Morgan fingerprint density at radius 3 is 1.20 bits per heavy atom. The van der Waals surface area contributed by atoms with E-state index in [1.165, 1.54) is 44.1 Å². The first-order chi connectivity index (χ1) is 24.5. The van der Waals surface area contributed by atoms with E-state index < -0.39 is 0 Å². The van der Waals surface area contributed by atoms with Crippen molar-refractivity contribution >= 4 is 45.4 Å². The summed E-state index contributed by atoms with van der Waals surface area (Å²) in [6.07, 6.45) is 5.99. The van der Waals surface area contributed by atoms with Crippen LogP contribution in [0.4, 0.5) is 0 Å². The molecule has 8 nitrogen and oxygen atoms in total. The Balaban J connectivity index is 1.31. The molecule has 0 saturated carbocycles. The van der Waals surface area contributed by atoms with Crippen molar-refractivity contribution in [3.05, 3.63) is 82.2 Å². The van der Waals surface area contributed by atoms with Gasteiger partial charge in [-0.3, -0.25) is 29.8 Å². The predicted molar refractivity (Wildman–Crippen MR) is 212 cm³/mol. The molecule has 0 N–H and O–H groups in total. The highest BCUT2D eigenvalue weighted by molar-refractivity contribution is 6.16. The Morgan fingerprint density at radius 2 is 0.820 bits per heavy atom. The van der Waals surface area contributed by atoms with Crippen LogP contribution < -0.4 is 0 Å². The van der Waals surface area contributed by atoms with Crippen molar-refractivity contribution in [2.75, 3.05) is 78.5 Å². The van der Waals surface area contributed by atoms with Gasteiger partial charge in [0.2, 0.25) is 0 Å². The number of fused-ring (bicyclic) bond motifs is 1. The molecule has 12 rings (SSSR count). The molecule has 3 aromatic rings. The summed E-state index contributed by atoms with van der Waals surface area (Å²) in [6, 6.07) is 18.3. The summed E-state index contributed by atoms with van der Waals surface area (Å²) in [5, 5.41) is 5.60. The molecule has 0 aliphatic carbocycles. The highest BCUT2D eigenvalue weighted by Crippen LogP contribution is 2.35. The number of hydrogen-bond donors (Lipinski definition) is 0. The van der Waals surface area contributed by atoms with Crippen LogP contribution in [0.25, 0.3) is 21.5 Å². The number of piperazine rings is 2. The van der Waals surface area contributed by atoms with E-state index in [2.05, 4.69) is 108 Å². The van der Waals surface area contributed by atoms with Gasteiger partial charge >= 0.3 is 0 Å². The molecule has 3 aromatic carbocycles. The molecule has 0 atom stereocenters. The summed E-state index contributed by atoms with van der Waals surface area (Å²) < 4.78 is 0. The minimum Gasteiger partial charge on any atom is -0.372 e. The number of allylic oxidation sites excluding steroid dienone is 4. The standard InChI is InChI=1S/C42H54N8/c1-31-39-27-43-15-9-16-44-28-40(32(2)46-18-10-17-45-31)34(4)50-25-21-48(22-26-50)30-42-37-13-7-5-11-35(37)41(36-12-6-8-14-38(36)42)29-47-19-23-49(24-20-47)33(39)3/h5-8,11-14,27-28H,9-10,15-26,29-30H2,1-4H3.